The molecule has 0 aromatic heterocycles. The molecule has 0 radical (unpaired) electrons. The van der Waals surface area contributed by atoms with Crippen molar-refractivity contribution in [2.75, 3.05) is 0 Å². The van der Waals surface area contributed by atoms with E-state index in [1.807, 2.05) is 41.5 Å². The van der Waals surface area contributed by atoms with Gasteiger partial charge in [-0.15, -0.1) is 26.3 Å². The van der Waals surface area contributed by atoms with E-state index in [4.69, 9.17) is 0 Å². The fourth-order valence-electron chi connectivity index (χ4n) is 2.62. The molecule has 3 nitrogen and oxygen atoms in total. The lowest BCUT2D eigenvalue weighted by Gasteiger charge is -2.21. The van der Waals surface area contributed by atoms with E-state index in [1.165, 1.54) is 25.1 Å². The van der Waals surface area contributed by atoms with Crippen molar-refractivity contribution < 1.29 is 40.6 Å². The molecule has 2 aromatic carbocycles. The molecule has 34 heavy (non-hydrogen) atoms. The number of carbonyl (C=O) groups excluding carboxylic acids is 1. The average Bonchev–Trinajstić information content (AvgIpc) is 2.57. The van der Waals surface area contributed by atoms with Crippen LogP contribution in [-0.2, 0) is 10.8 Å². The molecule has 0 aliphatic heterocycles. The second-order valence-corrected chi connectivity index (χ2v) is 10.5. The summed E-state index contributed by atoms with van der Waals surface area (Å²) < 4.78 is 81.1. The van der Waals surface area contributed by atoms with Crippen LogP contribution in [0, 0.1) is 0 Å². The third-order valence-corrected chi connectivity index (χ3v) is 4.84. The number of ether oxygens (including phenoxy) is 2. The summed E-state index contributed by atoms with van der Waals surface area (Å²) in [6.45, 7) is 12.6. The molecule has 0 unspecified atom stereocenters. The molecule has 2 rings (SSSR count). The fourth-order valence-corrected chi connectivity index (χ4v) is 3.09. The minimum atomic E-state index is -4.76. The molecule has 0 amide bonds. The summed E-state index contributed by atoms with van der Waals surface area (Å²) >= 11 is 3.17. The van der Waals surface area contributed by atoms with E-state index in [1.54, 1.807) is 12.1 Å². The first kappa shape index (κ1) is 29.8. The van der Waals surface area contributed by atoms with Gasteiger partial charge in [0.05, 0.1) is 0 Å². The molecule has 0 N–H and O–H groups in total. The monoisotopic (exact) mass is 556 g/mol. The van der Waals surface area contributed by atoms with Gasteiger partial charge < -0.3 is 9.47 Å². The maximum Gasteiger partial charge on any atom is 0.573 e. The van der Waals surface area contributed by atoms with Crippen LogP contribution < -0.4 is 9.47 Å². The van der Waals surface area contributed by atoms with E-state index in [-0.39, 0.29) is 33.7 Å². The Morgan fingerprint density at radius 1 is 0.676 bits per heavy atom. The van der Waals surface area contributed by atoms with E-state index in [2.05, 4.69) is 25.4 Å². The summed E-state index contributed by atoms with van der Waals surface area (Å²) in [7, 11) is 0. The van der Waals surface area contributed by atoms with Crippen LogP contribution in [0.5, 0.6) is 11.5 Å². The average molecular weight is 557 g/mol. The highest BCUT2D eigenvalue weighted by atomic mass is 79.9. The lowest BCUT2D eigenvalue weighted by molar-refractivity contribution is -0.275. The van der Waals surface area contributed by atoms with Gasteiger partial charge in [-0.25, -0.2) is 0 Å². The number of halogens is 7. The number of hydrogen-bond donors (Lipinski definition) is 0. The van der Waals surface area contributed by atoms with E-state index in [0.29, 0.717) is 10.0 Å². The van der Waals surface area contributed by atoms with Crippen LogP contribution in [-0.4, -0.2) is 18.5 Å². The SMILES string of the molecule is CC(=O)c1cc(OC(F)(F)F)cc(C(C)(C)C)c1.CC(C)(C)c1cc(Br)cc(OC(F)(F)F)c1. The molecular weight excluding hydrogens is 530 g/mol. The first-order chi connectivity index (χ1) is 15.1. The van der Waals surface area contributed by atoms with Crippen LogP contribution in [0.2, 0.25) is 0 Å². The van der Waals surface area contributed by atoms with Gasteiger partial charge in [0.15, 0.2) is 5.78 Å². The molecule has 2 aromatic rings. The molecule has 0 saturated heterocycles. The van der Waals surface area contributed by atoms with E-state index in [9.17, 15) is 31.1 Å². The van der Waals surface area contributed by atoms with Crippen LogP contribution in [0.1, 0.15) is 70.0 Å². The number of benzene rings is 2. The van der Waals surface area contributed by atoms with Crippen molar-refractivity contribution in [3.63, 3.8) is 0 Å². The fraction of sp³-hybridized carbons (Fsp3) is 0.458. The normalized spacial score (nSPS) is 12.5. The molecule has 10 heteroatoms. The van der Waals surface area contributed by atoms with Gasteiger partial charge in [-0.2, -0.15) is 0 Å². The van der Waals surface area contributed by atoms with E-state index < -0.39 is 12.7 Å². The Kier molecular flexibility index (Phi) is 9.27. The Morgan fingerprint density at radius 3 is 1.41 bits per heavy atom. The standard InChI is InChI=1S/C13H15F3O2.C11H12BrF3O/c1-8(17)9-5-10(12(2,3)4)7-11(6-9)18-13(14,15)16;1-10(2,3)7-4-8(12)6-9(5-7)16-11(13,14)15/h5-7H,1-4H3;4-6H,1-3H3. The van der Waals surface area contributed by atoms with Crippen molar-refractivity contribution in [2.45, 2.75) is 72.0 Å². The lowest BCUT2D eigenvalue weighted by atomic mass is 9.85. The molecule has 190 valence electrons. The van der Waals surface area contributed by atoms with Gasteiger partial charge in [0.25, 0.3) is 0 Å². The topological polar surface area (TPSA) is 35.5 Å². The van der Waals surface area contributed by atoms with Crippen LogP contribution in [0.15, 0.2) is 40.9 Å². The van der Waals surface area contributed by atoms with Crippen molar-refractivity contribution in [1.82, 2.24) is 0 Å². The zero-order valence-corrected chi connectivity index (χ0v) is 21.4. The molecule has 0 fully saturated rings. The zero-order valence-electron chi connectivity index (χ0n) is 19.8. The van der Waals surface area contributed by atoms with Crippen LogP contribution in [0.4, 0.5) is 26.3 Å². The van der Waals surface area contributed by atoms with Gasteiger partial charge in [0.1, 0.15) is 11.5 Å². The maximum atomic E-state index is 12.2. The smallest absolute Gasteiger partial charge is 0.406 e. The minimum absolute atomic E-state index is 0.202. The molecule has 0 atom stereocenters. The summed E-state index contributed by atoms with van der Waals surface area (Å²) in [5.41, 5.74) is 1.01. The highest BCUT2D eigenvalue weighted by molar-refractivity contribution is 9.10. The maximum absolute atomic E-state index is 12.2. The van der Waals surface area contributed by atoms with Gasteiger partial charge in [-0.1, -0.05) is 57.5 Å². The third-order valence-electron chi connectivity index (χ3n) is 4.38. The van der Waals surface area contributed by atoms with E-state index in [0.717, 1.165) is 11.6 Å². The molecule has 0 saturated carbocycles. The predicted molar refractivity (Wildman–Crippen MR) is 121 cm³/mol. The summed E-state index contributed by atoms with van der Waals surface area (Å²) in [5.74, 6) is -0.861. The van der Waals surface area contributed by atoms with E-state index >= 15 is 0 Å². The number of hydrogen-bond acceptors (Lipinski definition) is 3. The van der Waals surface area contributed by atoms with Crippen LogP contribution in [0.25, 0.3) is 0 Å². The van der Waals surface area contributed by atoms with Gasteiger partial charge in [0.2, 0.25) is 0 Å². The number of alkyl halides is 6. The molecule has 0 heterocycles. The summed E-state index contributed by atoms with van der Waals surface area (Å²) in [6, 6.07) is 8.47. The van der Waals surface area contributed by atoms with Gasteiger partial charge in [0, 0.05) is 10.0 Å². The minimum Gasteiger partial charge on any atom is -0.406 e. The second-order valence-electron chi connectivity index (χ2n) is 9.57. The number of Topliss-reactive ketones (excluding diaryl/α,β-unsaturated/α-hetero) is 1. The molecular formula is C24H27BrF6O3. The molecule has 0 aliphatic rings. The van der Waals surface area contributed by atoms with Crippen LogP contribution >= 0.6 is 15.9 Å². The largest absolute Gasteiger partial charge is 0.573 e. The van der Waals surface area contributed by atoms with Crippen molar-refractivity contribution in [3.8, 4) is 11.5 Å². The third kappa shape index (κ3) is 10.8. The van der Waals surface area contributed by atoms with Gasteiger partial charge in [-0.05, 0) is 65.3 Å². The molecule has 0 aliphatic carbocycles. The Labute approximate surface area is 203 Å². The van der Waals surface area contributed by atoms with Gasteiger partial charge in [-0.3, -0.25) is 4.79 Å². The summed E-state index contributed by atoms with van der Waals surface area (Å²) in [5, 5.41) is 0. The second kappa shape index (κ2) is 10.6. The number of ketones is 1. The van der Waals surface area contributed by atoms with Crippen molar-refractivity contribution in [3.05, 3.63) is 57.6 Å². The zero-order chi connectivity index (χ0) is 26.7. The Bertz CT molecular complexity index is 1000. The van der Waals surface area contributed by atoms with Crippen molar-refractivity contribution in [1.29, 1.82) is 0 Å². The molecule has 0 spiro atoms. The Hall–Kier alpha value is -2.23. The quantitative estimate of drug-likeness (QED) is 0.280. The predicted octanol–water partition coefficient (Wildman–Crippen LogP) is 8.73. The molecule has 0 bridgehead atoms. The Morgan fingerprint density at radius 2 is 1.06 bits per heavy atom. The highest BCUT2D eigenvalue weighted by Gasteiger charge is 2.32. The Balaban J connectivity index is 0.000000342. The van der Waals surface area contributed by atoms with Crippen molar-refractivity contribution in [2.24, 2.45) is 0 Å². The van der Waals surface area contributed by atoms with Gasteiger partial charge >= 0.3 is 12.7 Å². The number of rotatable bonds is 3. The summed E-state index contributed by atoms with van der Waals surface area (Å²) in [4.78, 5) is 11.3. The highest BCUT2D eigenvalue weighted by Crippen LogP contribution is 2.33. The van der Waals surface area contributed by atoms with Crippen molar-refractivity contribution >= 4 is 21.7 Å². The number of carbonyl (C=O) groups is 1. The van der Waals surface area contributed by atoms with Crippen LogP contribution in [0.3, 0.4) is 0 Å². The first-order valence-electron chi connectivity index (χ1n) is 10.1. The lowest BCUT2D eigenvalue weighted by Crippen LogP contribution is -2.19. The summed E-state index contributed by atoms with van der Waals surface area (Å²) in [6.07, 6.45) is -9.42. The first-order valence-corrected chi connectivity index (χ1v) is 10.9.